The van der Waals surface area contributed by atoms with Gasteiger partial charge < -0.3 is 14.8 Å². The number of methoxy groups -OCH3 is 2. The third-order valence-corrected chi connectivity index (χ3v) is 6.26. The number of rotatable bonds is 6. The van der Waals surface area contributed by atoms with E-state index in [1.165, 1.54) is 19.2 Å². The molecule has 0 bridgehead atoms. The van der Waals surface area contributed by atoms with Crippen molar-refractivity contribution in [1.82, 2.24) is 5.32 Å². The SMILES string of the molecule is COc1ccc(C(=O)N[C@@H]2[C@@H](c3ccc(S(N)(=O)=O)cc3)C2(C)C)c(OC)c1. The summed E-state index contributed by atoms with van der Waals surface area (Å²) in [6.07, 6.45) is 0. The summed E-state index contributed by atoms with van der Waals surface area (Å²) in [6, 6.07) is 11.4. The predicted molar refractivity (Wildman–Crippen MR) is 105 cm³/mol. The summed E-state index contributed by atoms with van der Waals surface area (Å²) in [5.74, 6) is 0.869. The van der Waals surface area contributed by atoms with Gasteiger partial charge in [0.2, 0.25) is 10.0 Å². The lowest BCUT2D eigenvalue weighted by Gasteiger charge is -2.11. The number of hydrogen-bond donors (Lipinski definition) is 2. The van der Waals surface area contributed by atoms with Crippen molar-refractivity contribution in [3.63, 3.8) is 0 Å². The van der Waals surface area contributed by atoms with Crippen LogP contribution in [-0.4, -0.2) is 34.6 Å². The Bertz CT molecular complexity index is 1000. The molecule has 1 aliphatic carbocycles. The highest BCUT2D eigenvalue weighted by atomic mass is 32.2. The Morgan fingerprint density at radius 2 is 1.71 bits per heavy atom. The number of hydrogen-bond acceptors (Lipinski definition) is 5. The second-order valence-electron chi connectivity index (χ2n) is 7.43. The van der Waals surface area contributed by atoms with Gasteiger partial charge >= 0.3 is 0 Å². The Hall–Kier alpha value is -2.58. The Labute approximate surface area is 164 Å². The second kappa shape index (κ2) is 7.10. The zero-order valence-electron chi connectivity index (χ0n) is 16.2. The van der Waals surface area contributed by atoms with E-state index in [0.717, 1.165) is 5.56 Å². The van der Waals surface area contributed by atoms with E-state index in [1.807, 2.05) is 0 Å². The maximum absolute atomic E-state index is 12.8. The minimum absolute atomic E-state index is 0.0650. The minimum atomic E-state index is -3.73. The summed E-state index contributed by atoms with van der Waals surface area (Å²) in [7, 11) is -0.678. The molecule has 1 fully saturated rings. The lowest BCUT2D eigenvalue weighted by molar-refractivity contribution is 0.0943. The molecule has 150 valence electrons. The summed E-state index contributed by atoms with van der Waals surface area (Å²) in [4.78, 5) is 12.9. The van der Waals surface area contributed by atoms with Crippen LogP contribution in [0.5, 0.6) is 11.5 Å². The van der Waals surface area contributed by atoms with E-state index >= 15 is 0 Å². The standard InChI is InChI=1S/C20H24N2O5S/c1-20(2)17(12-5-8-14(9-6-12)28(21,24)25)18(20)22-19(23)15-10-7-13(26-3)11-16(15)27-4/h5-11,17-18H,1-4H3,(H,22,23)(H2,21,24,25)/t17-,18-/m1/s1. The summed E-state index contributed by atoms with van der Waals surface area (Å²) >= 11 is 0. The van der Waals surface area contributed by atoms with E-state index in [0.29, 0.717) is 17.1 Å². The van der Waals surface area contributed by atoms with Crippen molar-refractivity contribution in [2.24, 2.45) is 10.6 Å². The first-order valence-electron chi connectivity index (χ1n) is 8.75. The largest absolute Gasteiger partial charge is 0.497 e. The van der Waals surface area contributed by atoms with Crippen LogP contribution in [0.25, 0.3) is 0 Å². The molecule has 0 spiro atoms. The van der Waals surface area contributed by atoms with Crippen molar-refractivity contribution in [3.05, 3.63) is 53.6 Å². The molecule has 28 heavy (non-hydrogen) atoms. The van der Waals surface area contributed by atoms with Crippen molar-refractivity contribution in [1.29, 1.82) is 0 Å². The Kier molecular flexibility index (Phi) is 5.12. The average Bonchev–Trinajstić information content (AvgIpc) is 3.20. The van der Waals surface area contributed by atoms with Gasteiger partial charge in [-0.1, -0.05) is 26.0 Å². The van der Waals surface area contributed by atoms with Crippen LogP contribution in [-0.2, 0) is 10.0 Å². The quantitative estimate of drug-likeness (QED) is 0.768. The van der Waals surface area contributed by atoms with Gasteiger partial charge in [-0.25, -0.2) is 13.6 Å². The summed E-state index contributed by atoms with van der Waals surface area (Å²) < 4.78 is 33.3. The zero-order chi connectivity index (χ0) is 20.7. The summed E-state index contributed by atoms with van der Waals surface area (Å²) in [5, 5.41) is 8.22. The molecule has 2 aromatic rings. The molecule has 0 aromatic heterocycles. The number of benzene rings is 2. The van der Waals surface area contributed by atoms with Crippen LogP contribution in [0.3, 0.4) is 0 Å². The number of ether oxygens (including phenoxy) is 2. The first kappa shape index (κ1) is 20.2. The van der Waals surface area contributed by atoms with E-state index in [2.05, 4.69) is 19.2 Å². The number of nitrogens with two attached hydrogens (primary N) is 1. The molecular weight excluding hydrogens is 380 g/mol. The van der Waals surface area contributed by atoms with Crippen molar-refractivity contribution in [2.45, 2.75) is 30.7 Å². The summed E-state index contributed by atoms with van der Waals surface area (Å²) in [6.45, 7) is 4.11. The Morgan fingerprint density at radius 1 is 1.07 bits per heavy atom. The van der Waals surface area contributed by atoms with Gasteiger partial charge in [0.15, 0.2) is 0 Å². The van der Waals surface area contributed by atoms with Gasteiger partial charge in [-0.3, -0.25) is 4.79 Å². The molecule has 3 rings (SSSR count). The molecule has 0 unspecified atom stereocenters. The highest BCUT2D eigenvalue weighted by molar-refractivity contribution is 7.89. The van der Waals surface area contributed by atoms with Crippen LogP contribution in [0, 0.1) is 5.41 Å². The van der Waals surface area contributed by atoms with E-state index in [4.69, 9.17) is 14.6 Å². The third-order valence-electron chi connectivity index (χ3n) is 5.34. The van der Waals surface area contributed by atoms with Crippen LogP contribution in [0.4, 0.5) is 0 Å². The van der Waals surface area contributed by atoms with Gasteiger partial charge in [0, 0.05) is 18.0 Å². The molecule has 1 saturated carbocycles. The van der Waals surface area contributed by atoms with Crippen molar-refractivity contribution >= 4 is 15.9 Å². The smallest absolute Gasteiger partial charge is 0.255 e. The molecule has 1 amide bonds. The Morgan fingerprint density at radius 3 is 2.25 bits per heavy atom. The molecule has 8 heteroatoms. The minimum Gasteiger partial charge on any atom is -0.497 e. The number of nitrogens with one attached hydrogen (secondary N) is 1. The van der Waals surface area contributed by atoms with Crippen LogP contribution >= 0.6 is 0 Å². The van der Waals surface area contributed by atoms with E-state index in [9.17, 15) is 13.2 Å². The summed E-state index contributed by atoms with van der Waals surface area (Å²) in [5.41, 5.74) is 1.21. The van der Waals surface area contributed by atoms with Gasteiger partial charge in [-0.05, 0) is 35.2 Å². The van der Waals surface area contributed by atoms with E-state index < -0.39 is 10.0 Å². The van der Waals surface area contributed by atoms with Crippen LogP contribution in [0.1, 0.15) is 35.7 Å². The molecule has 0 radical (unpaired) electrons. The second-order valence-corrected chi connectivity index (χ2v) is 8.99. The number of sulfonamides is 1. The first-order valence-corrected chi connectivity index (χ1v) is 10.3. The highest BCUT2D eigenvalue weighted by Gasteiger charge is 2.59. The van der Waals surface area contributed by atoms with Gasteiger partial charge in [0.1, 0.15) is 11.5 Å². The third kappa shape index (κ3) is 3.70. The zero-order valence-corrected chi connectivity index (χ0v) is 17.0. The molecule has 1 aliphatic rings. The maximum atomic E-state index is 12.8. The monoisotopic (exact) mass is 404 g/mol. The fourth-order valence-electron chi connectivity index (χ4n) is 3.60. The first-order chi connectivity index (χ1) is 13.1. The van der Waals surface area contributed by atoms with E-state index in [-0.39, 0.29) is 28.2 Å². The predicted octanol–water partition coefficient (Wildman–Crippen LogP) is 2.27. The van der Waals surface area contributed by atoms with Crippen LogP contribution < -0.4 is 19.9 Å². The Balaban J connectivity index is 1.79. The maximum Gasteiger partial charge on any atom is 0.255 e. The van der Waals surface area contributed by atoms with Gasteiger partial charge in [-0.2, -0.15) is 0 Å². The van der Waals surface area contributed by atoms with Crippen LogP contribution in [0.15, 0.2) is 47.4 Å². The van der Waals surface area contributed by atoms with Gasteiger partial charge in [0.05, 0.1) is 24.7 Å². The van der Waals surface area contributed by atoms with Crippen molar-refractivity contribution in [2.75, 3.05) is 14.2 Å². The fourth-order valence-corrected chi connectivity index (χ4v) is 4.11. The molecular formula is C20H24N2O5S. The lowest BCUT2D eigenvalue weighted by Crippen LogP contribution is -2.29. The molecule has 2 aromatic carbocycles. The number of primary sulfonamides is 1. The van der Waals surface area contributed by atoms with Crippen LogP contribution in [0.2, 0.25) is 0 Å². The molecule has 0 saturated heterocycles. The molecule has 7 nitrogen and oxygen atoms in total. The fraction of sp³-hybridized carbons (Fsp3) is 0.350. The van der Waals surface area contributed by atoms with E-state index in [1.54, 1.807) is 37.4 Å². The van der Waals surface area contributed by atoms with Gasteiger partial charge in [-0.15, -0.1) is 0 Å². The van der Waals surface area contributed by atoms with Gasteiger partial charge in [0.25, 0.3) is 5.91 Å². The number of carbonyl (C=O) groups excluding carboxylic acids is 1. The molecule has 2 atom stereocenters. The topological polar surface area (TPSA) is 108 Å². The lowest BCUT2D eigenvalue weighted by atomic mass is 10.0. The molecule has 0 heterocycles. The molecule has 3 N–H and O–H groups in total. The molecule has 0 aliphatic heterocycles. The van der Waals surface area contributed by atoms with Crippen molar-refractivity contribution in [3.8, 4) is 11.5 Å². The number of amides is 1. The average molecular weight is 404 g/mol. The van der Waals surface area contributed by atoms with Crippen molar-refractivity contribution < 1.29 is 22.7 Å². The normalized spacial score (nSPS) is 20.3. The number of carbonyl (C=O) groups is 1. The highest BCUT2D eigenvalue weighted by Crippen LogP contribution is 2.58.